The Kier molecular flexibility index (Phi) is 7.91. The van der Waals surface area contributed by atoms with Gasteiger partial charge in [-0.15, -0.1) is 0 Å². The van der Waals surface area contributed by atoms with Gasteiger partial charge in [0.25, 0.3) is 0 Å². The molecule has 0 bridgehead atoms. The summed E-state index contributed by atoms with van der Waals surface area (Å²) in [5.41, 5.74) is 1.10. The minimum absolute atomic E-state index is 0.0898. The zero-order valence-corrected chi connectivity index (χ0v) is 17.7. The summed E-state index contributed by atoms with van der Waals surface area (Å²) in [7, 11) is 5.87. The summed E-state index contributed by atoms with van der Waals surface area (Å²) in [6.45, 7) is 5.74. The number of halogens is 1. The molecule has 1 atom stereocenters. The molecule has 0 saturated carbocycles. The van der Waals surface area contributed by atoms with E-state index < -0.39 is 17.8 Å². The fraction of sp³-hybridized carbons (Fsp3) is 0.318. The number of nitrogens with one attached hydrogen (secondary N) is 1. The molecule has 0 fully saturated rings. The first kappa shape index (κ1) is 22.9. The Morgan fingerprint density at radius 3 is 2.07 bits per heavy atom. The molecule has 0 amide bonds. The molecule has 2 aromatic carbocycles. The van der Waals surface area contributed by atoms with Crippen LogP contribution in [0.25, 0.3) is 0 Å². The number of benzene rings is 2. The van der Waals surface area contributed by atoms with E-state index in [0.717, 1.165) is 0 Å². The molecule has 0 aromatic heterocycles. The standard InChI is InChI=1S/C22H26FNO6/c1-7-30-22(25)13(2)20(14-8-9-17(26-3)16(23)10-14)24-15-11-18(27-4)21(29-6)19(12-15)28-5/h8-12,20,24H,2,7H2,1,3-6H3/t20-/m1/s1. The number of hydrogen-bond donors (Lipinski definition) is 1. The average Bonchev–Trinajstić information content (AvgIpc) is 2.76. The molecule has 2 rings (SSSR count). The number of anilines is 1. The van der Waals surface area contributed by atoms with Gasteiger partial charge in [0.2, 0.25) is 5.75 Å². The van der Waals surface area contributed by atoms with Gasteiger partial charge in [-0.25, -0.2) is 9.18 Å². The number of rotatable bonds is 10. The van der Waals surface area contributed by atoms with E-state index in [-0.39, 0.29) is 17.9 Å². The zero-order chi connectivity index (χ0) is 22.3. The topological polar surface area (TPSA) is 75.3 Å². The first-order valence-electron chi connectivity index (χ1n) is 9.15. The molecular formula is C22H26FNO6. The van der Waals surface area contributed by atoms with Crippen molar-refractivity contribution >= 4 is 11.7 Å². The first-order valence-corrected chi connectivity index (χ1v) is 9.15. The first-order chi connectivity index (χ1) is 14.4. The lowest BCUT2D eigenvalue weighted by atomic mass is 9.98. The van der Waals surface area contributed by atoms with E-state index in [1.54, 1.807) is 25.1 Å². The van der Waals surface area contributed by atoms with E-state index in [9.17, 15) is 9.18 Å². The highest BCUT2D eigenvalue weighted by molar-refractivity contribution is 5.90. The van der Waals surface area contributed by atoms with Crippen LogP contribution in [0.2, 0.25) is 0 Å². The highest BCUT2D eigenvalue weighted by Gasteiger charge is 2.24. The van der Waals surface area contributed by atoms with Crippen molar-refractivity contribution in [3.8, 4) is 23.0 Å². The van der Waals surface area contributed by atoms with Crippen LogP contribution in [-0.2, 0) is 9.53 Å². The summed E-state index contributed by atoms with van der Waals surface area (Å²) in [6.07, 6.45) is 0. The molecule has 0 aliphatic rings. The summed E-state index contributed by atoms with van der Waals surface area (Å²) in [4.78, 5) is 12.4. The van der Waals surface area contributed by atoms with Gasteiger partial charge in [0, 0.05) is 17.8 Å². The molecule has 1 N–H and O–H groups in total. The Morgan fingerprint density at radius 1 is 1.00 bits per heavy atom. The second kappa shape index (κ2) is 10.4. The quantitative estimate of drug-likeness (QED) is 0.458. The average molecular weight is 419 g/mol. The Labute approximate surface area is 175 Å². The molecule has 2 aromatic rings. The predicted octanol–water partition coefficient (Wildman–Crippen LogP) is 4.13. The van der Waals surface area contributed by atoms with Crippen LogP contribution in [0.4, 0.5) is 10.1 Å². The number of ether oxygens (including phenoxy) is 5. The highest BCUT2D eigenvalue weighted by Crippen LogP contribution is 2.41. The van der Waals surface area contributed by atoms with Gasteiger partial charge in [-0.2, -0.15) is 0 Å². The zero-order valence-electron chi connectivity index (χ0n) is 17.7. The highest BCUT2D eigenvalue weighted by atomic mass is 19.1. The van der Waals surface area contributed by atoms with Gasteiger partial charge in [-0.05, 0) is 24.6 Å². The number of hydrogen-bond acceptors (Lipinski definition) is 7. The lowest BCUT2D eigenvalue weighted by Gasteiger charge is -2.23. The van der Waals surface area contributed by atoms with Crippen LogP contribution in [0.15, 0.2) is 42.5 Å². The number of methoxy groups -OCH3 is 4. The van der Waals surface area contributed by atoms with Crippen molar-refractivity contribution in [1.29, 1.82) is 0 Å². The van der Waals surface area contributed by atoms with Crippen LogP contribution in [-0.4, -0.2) is 41.0 Å². The summed E-state index contributed by atoms with van der Waals surface area (Å²) in [5.74, 6) is 0.178. The molecule has 0 saturated heterocycles. The van der Waals surface area contributed by atoms with Crippen molar-refractivity contribution in [3.05, 3.63) is 53.9 Å². The molecule has 0 spiro atoms. The van der Waals surface area contributed by atoms with Gasteiger partial charge in [-0.1, -0.05) is 12.6 Å². The number of esters is 1. The van der Waals surface area contributed by atoms with Crippen molar-refractivity contribution in [2.24, 2.45) is 0 Å². The minimum atomic E-state index is -0.785. The minimum Gasteiger partial charge on any atom is -0.494 e. The predicted molar refractivity (Wildman–Crippen MR) is 111 cm³/mol. The molecule has 0 radical (unpaired) electrons. The Morgan fingerprint density at radius 2 is 1.60 bits per heavy atom. The SMILES string of the molecule is C=C(C(=O)OCC)[C@@H](Nc1cc(OC)c(OC)c(OC)c1)c1ccc(OC)c(F)c1. The Bertz CT molecular complexity index is 889. The van der Waals surface area contributed by atoms with Gasteiger partial charge in [0.1, 0.15) is 0 Å². The van der Waals surface area contributed by atoms with E-state index in [0.29, 0.717) is 28.5 Å². The summed E-state index contributed by atoms with van der Waals surface area (Å²) < 4.78 is 40.5. The van der Waals surface area contributed by atoms with Gasteiger partial charge >= 0.3 is 5.97 Å². The van der Waals surface area contributed by atoms with Crippen LogP contribution in [0.3, 0.4) is 0 Å². The molecular weight excluding hydrogens is 393 g/mol. The Balaban J connectivity index is 2.51. The van der Waals surface area contributed by atoms with Crippen LogP contribution in [0.1, 0.15) is 18.5 Å². The molecule has 8 heteroatoms. The monoisotopic (exact) mass is 419 g/mol. The molecule has 7 nitrogen and oxygen atoms in total. The van der Waals surface area contributed by atoms with E-state index in [2.05, 4.69) is 11.9 Å². The summed E-state index contributed by atoms with van der Waals surface area (Å²) in [5, 5.41) is 3.18. The maximum Gasteiger partial charge on any atom is 0.335 e. The largest absolute Gasteiger partial charge is 0.494 e. The molecule has 0 unspecified atom stereocenters. The lowest BCUT2D eigenvalue weighted by Crippen LogP contribution is -2.20. The third kappa shape index (κ3) is 4.94. The van der Waals surface area contributed by atoms with Crippen molar-refractivity contribution < 1.29 is 32.9 Å². The molecule has 0 aliphatic heterocycles. The van der Waals surface area contributed by atoms with Gasteiger partial charge < -0.3 is 29.0 Å². The van der Waals surface area contributed by atoms with Gasteiger partial charge in [-0.3, -0.25) is 0 Å². The maximum atomic E-state index is 14.3. The van der Waals surface area contributed by atoms with Crippen molar-refractivity contribution in [3.63, 3.8) is 0 Å². The van der Waals surface area contributed by atoms with Crippen molar-refractivity contribution in [2.45, 2.75) is 13.0 Å². The Hall–Kier alpha value is -3.42. The van der Waals surface area contributed by atoms with Crippen LogP contribution in [0.5, 0.6) is 23.0 Å². The maximum absolute atomic E-state index is 14.3. The lowest BCUT2D eigenvalue weighted by molar-refractivity contribution is -0.138. The van der Waals surface area contributed by atoms with Gasteiger partial charge in [0.05, 0.1) is 46.7 Å². The number of carbonyl (C=O) groups excluding carboxylic acids is 1. The van der Waals surface area contributed by atoms with E-state index in [1.807, 2.05) is 0 Å². The van der Waals surface area contributed by atoms with Gasteiger partial charge in [0.15, 0.2) is 23.1 Å². The van der Waals surface area contributed by atoms with Crippen molar-refractivity contribution in [1.82, 2.24) is 0 Å². The second-order valence-electron chi connectivity index (χ2n) is 6.13. The smallest absolute Gasteiger partial charge is 0.335 e. The normalized spacial score (nSPS) is 11.3. The van der Waals surface area contributed by atoms with Crippen molar-refractivity contribution in [2.75, 3.05) is 40.4 Å². The van der Waals surface area contributed by atoms with Crippen LogP contribution >= 0.6 is 0 Å². The van der Waals surface area contributed by atoms with E-state index in [4.69, 9.17) is 23.7 Å². The third-order valence-corrected chi connectivity index (χ3v) is 4.37. The summed E-state index contributed by atoms with van der Waals surface area (Å²) in [6, 6.07) is 6.96. The van der Waals surface area contributed by atoms with Crippen LogP contribution < -0.4 is 24.3 Å². The molecule has 0 heterocycles. The molecule has 30 heavy (non-hydrogen) atoms. The molecule has 162 valence electrons. The fourth-order valence-corrected chi connectivity index (χ4v) is 2.91. The third-order valence-electron chi connectivity index (χ3n) is 4.37. The second-order valence-corrected chi connectivity index (χ2v) is 6.13. The fourth-order valence-electron chi connectivity index (χ4n) is 2.91. The van der Waals surface area contributed by atoms with E-state index >= 15 is 0 Å². The molecule has 0 aliphatic carbocycles. The van der Waals surface area contributed by atoms with E-state index in [1.165, 1.54) is 40.6 Å². The van der Waals surface area contributed by atoms with Crippen LogP contribution in [0, 0.1) is 5.82 Å². The number of carbonyl (C=O) groups is 1. The summed E-state index contributed by atoms with van der Waals surface area (Å²) >= 11 is 0.